The lowest BCUT2D eigenvalue weighted by Gasteiger charge is -2.16. The molecule has 2 rings (SSSR count). The van der Waals surface area contributed by atoms with Gasteiger partial charge in [-0.2, -0.15) is 5.26 Å². The topological polar surface area (TPSA) is 105 Å². The molecule has 0 heterocycles. The van der Waals surface area contributed by atoms with Crippen LogP contribution in [0.3, 0.4) is 0 Å². The zero-order chi connectivity index (χ0) is 17.7. The summed E-state index contributed by atoms with van der Waals surface area (Å²) in [4.78, 5) is 22.1. The lowest BCUT2D eigenvalue weighted by Crippen LogP contribution is -2.10. The average molecular weight is 325 g/mol. The van der Waals surface area contributed by atoms with Gasteiger partial charge in [0.25, 0.3) is 5.69 Å². The molecular formula is C17H15N3O4. The first-order valence-corrected chi connectivity index (χ1v) is 7.09. The number of anilines is 1. The van der Waals surface area contributed by atoms with E-state index >= 15 is 0 Å². The molecule has 24 heavy (non-hydrogen) atoms. The number of hydrogen-bond donors (Lipinski definition) is 1. The molecule has 0 aliphatic carbocycles. The van der Waals surface area contributed by atoms with Crippen molar-refractivity contribution in [2.24, 2.45) is 0 Å². The molecule has 2 aromatic carbocycles. The highest BCUT2D eigenvalue weighted by molar-refractivity contribution is 5.95. The molecule has 7 heteroatoms. The number of nitro groups is 1. The number of methoxy groups -OCH3 is 1. The normalized spacial score (nSPS) is 11.2. The Morgan fingerprint density at radius 3 is 2.71 bits per heavy atom. The largest absolute Gasteiger partial charge is 0.465 e. The number of nitro benzene ring substituents is 1. The molecule has 0 fully saturated rings. The maximum atomic E-state index is 11.7. The van der Waals surface area contributed by atoms with Crippen molar-refractivity contribution in [1.82, 2.24) is 0 Å². The van der Waals surface area contributed by atoms with E-state index in [1.165, 1.54) is 25.3 Å². The highest BCUT2D eigenvalue weighted by Crippen LogP contribution is 2.26. The molecule has 2 aromatic rings. The van der Waals surface area contributed by atoms with Gasteiger partial charge in [0.1, 0.15) is 5.56 Å². The van der Waals surface area contributed by atoms with Crippen LogP contribution in [0.25, 0.3) is 0 Å². The van der Waals surface area contributed by atoms with E-state index in [9.17, 15) is 14.9 Å². The molecular weight excluding hydrogens is 310 g/mol. The Hall–Kier alpha value is -3.40. The number of esters is 1. The quantitative estimate of drug-likeness (QED) is 0.513. The van der Waals surface area contributed by atoms with Crippen molar-refractivity contribution in [3.05, 3.63) is 69.3 Å². The second-order valence-corrected chi connectivity index (χ2v) is 5.08. The van der Waals surface area contributed by atoms with E-state index in [1.54, 1.807) is 18.2 Å². The molecule has 0 saturated carbocycles. The van der Waals surface area contributed by atoms with E-state index in [-0.39, 0.29) is 17.3 Å². The van der Waals surface area contributed by atoms with Crippen LogP contribution in [0.15, 0.2) is 42.5 Å². The number of hydrogen-bond acceptors (Lipinski definition) is 6. The molecule has 0 aromatic heterocycles. The molecule has 1 N–H and O–H groups in total. The summed E-state index contributed by atoms with van der Waals surface area (Å²) < 4.78 is 4.59. The molecule has 7 nitrogen and oxygen atoms in total. The molecule has 0 aliphatic heterocycles. The zero-order valence-corrected chi connectivity index (χ0v) is 13.1. The summed E-state index contributed by atoms with van der Waals surface area (Å²) in [6, 6.07) is 13.2. The van der Waals surface area contributed by atoms with Gasteiger partial charge in [-0.15, -0.1) is 0 Å². The number of nitrogens with zero attached hydrogens (tertiary/aromatic N) is 2. The van der Waals surface area contributed by atoms with Crippen molar-refractivity contribution < 1.29 is 14.5 Å². The van der Waals surface area contributed by atoms with E-state index in [4.69, 9.17) is 5.26 Å². The number of carbonyl (C=O) groups excluding carboxylic acids is 1. The summed E-state index contributed by atoms with van der Waals surface area (Å²) in [6.45, 7) is 1.88. The van der Waals surface area contributed by atoms with Crippen LogP contribution in [-0.2, 0) is 4.74 Å². The number of nitriles is 1. The van der Waals surface area contributed by atoms with Gasteiger partial charge in [-0.3, -0.25) is 10.1 Å². The Morgan fingerprint density at radius 1 is 1.33 bits per heavy atom. The number of benzene rings is 2. The third-order valence-electron chi connectivity index (χ3n) is 3.50. The Labute approximate surface area is 138 Å². The molecule has 0 spiro atoms. The predicted molar refractivity (Wildman–Crippen MR) is 87.6 cm³/mol. The van der Waals surface area contributed by atoms with E-state index < -0.39 is 10.9 Å². The fourth-order valence-corrected chi connectivity index (χ4v) is 2.27. The van der Waals surface area contributed by atoms with E-state index in [0.717, 1.165) is 5.56 Å². The van der Waals surface area contributed by atoms with Crippen molar-refractivity contribution in [2.75, 3.05) is 12.4 Å². The molecule has 0 amide bonds. The molecule has 0 aliphatic rings. The summed E-state index contributed by atoms with van der Waals surface area (Å²) >= 11 is 0. The van der Waals surface area contributed by atoms with Crippen LogP contribution < -0.4 is 5.32 Å². The van der Waals surface area contributed by atoms with Gasteiger partial charge in [-0.1, -0.05) is 12.1 Å². The Balaban J connectivity index is 2.31. The fraction of sp³-hybridized carbons (Fsp3) is 0.176. The molecule has 0 saturated heterocycles. The summed E-state index contributed by atoms with van der Waals surface area (Å²) in [7, 11) is 1.17. The predicted octanol–water partition coefficient (Wildman–Crippen LogP) is 3.43. The number of ether oxygens (including phenoxy) is 1. The summed E-state index contributed by atoms with van der Waals surface area (Å²) in [5.74, 6) is -0.774. The highest BCUT2D eigenvalue weighted by Gasteiger charge is 2.21. The van der Waals surface area contributed by atoms with E-state index in [2.05, 4.69) is 16.1 Å². The number of nitrogens with one attached hydrogen (secondary N) is 1. The van der Waals surface area contributed by atoms with Gasteiger partial charge in [-0.25, -0.2) is 4.79 Å². The third-order valence-corrected chi connectivity index (χ3v) is 3.50. The maximum Gasteiger partial charge on any atom is 0.344 e. The van der Waals surface area contributed by atoms with Crippen LogP contribution in [-0.4, -0.2) is 18.0 Å². The fourth-order valence-electron chi connectivity index (χ4n) is 2.27. The van der Waals surface area contributed by atoms with Crippen molar-refractivity contribution in [1.29, 1.82) is 5.26 Å². The third kappa shape index (κ3) is 3.67. The van der Waals surface area contributed by atoms with Gasteiger partial charge in [0.05, 0.1) is 23.7 Å². The minimum atomic E-state index is -0.774. The van der Waals surface area contributed by atoms with Gasteiger partial charge in [0.15, 0.2) is 0 Å². The van der Waals surface area contributed by atoms with Crippen molar-refractivity contribution >= 4 is 17.3 Å². The summed E-state index contributed by atoms with van der Waals surface area (Å²) in [5, 5.41) is 23.1. The van der Waals surface area contributed by atoms with Gasteiger partial charge in [0.2, 0.25) is 0 Å². The smallest absolute Gasteiger partial charge is 0.344 e. The molecule has 0 radical (unpaired) electrons. The Bertz CT molecular complexity index is 827. The number of rotatable bonds is 5. The first-order valence-electron chi connectivity index (χ1n) is 7.09. The second-order valence-electron chi connectivity index (χ2n) is 5.08. The van der Waals surface area contributed by atoms with Crippen molar-refractivity contribution in [2.45, 2.75) is 13.0 Å². The van der Waals surface area contributed by atoms with Crippen molar-refractivity contribution in [3.8, 4) is 6.07 Å². The van der Waals surface area contributed by atoms with Crippen LogP contribution in [0.2, 0.25) is 0 Å². The van der Waals surface area contributed by atoms with Crippen LogP contribution in [0.5, 0.6) is 0 Å². The Morgan fingerprint density at radius 2 is 2.08 bits per heavy atom. The van der Waals surface area contributed by atoms with Crippen molar-refractivity contribution in [3.63, 3.8) is 0 Å². The molecule has 1 atom stereocenters. The molecule has 122 valence electrons. The SMILES string of the molecule is COC(=O)c1cc(NC(C)c2cccc(C#N)c2)ccc1[N+](=O)[O-]. The van der Waals surface area contributed by atoms with Crippen LogP contribution >= 0.6 is 0 Å². The van der Waals surface area contributed by atoms with Gasteiger partial charge in [-0.05, 0) is 36.8 Å². The summed E-state index contributed by atoms with van der Waals surface area (Å²) in [6.07, 6.45) is 0. The monoisotopic (exact) mass is 325 g/mol. The van der Waals surface area contributed by atoms with Crippen LogP contribution in [0.1, 0.15) is 34.5 Å². The average Bonchev–Trinajstić information content (AvgIpc) is 2.60. The van der Waals surface area contributed by atoms with E-state index in [1.807, 2.05) is 13.0 Å². The lowest BCUT2D eigenvalue weighted by atomic mass is 10.0. The standard InChI is InChI=1S/C17H15N3O4/c1-11(13-5-3-4-12(8-13)10-18)19-14-6-7-16(20(22)23)15(9-14)17(21)24-2/h3-9,11,19H,1-2H3. The van der Waals surface area contributed by atoms with Gasteiger partial charge >= 0.3 is 5.97 Å². The lowest BCUT2D eigenvalue weighted by molar-refractivity contribution is -0.385. The van der Waals surface area contributed by atoms with E-state index in [0.29, 0.717) is 11.3 Å². The second kappa shape index (κ2) is 7.24. The van der Waals surface area contributed by atoms with Gasteiger partial charge in [0, 0.05) is 17.8 Å². The number of carbonyl (C=O) groups is 1. The molecule has 0 bridgehead atoms. The van der Waals surface area contributed by atoms with Crippen LogP contribution in [0.4, 0.5) is 11.4 Å². The highest BCUT2D eigenvalue weighted by atomic mass is 16.6. The summed E-state index contributed by atoms with van der Waals surface area (Å²) in [5.41, 5.74) is 1.53. The maximum absolute atomic E-state index is 11.7. The zero-order valence-electron chi connectivity index (χ0n) is 13.1. The molecule has 1 unspecified atom stereocenters. The first-order chi connectivity index (χ1) is 11.5. The van der Waals surface area contributed by atoms with Gasteiger partial charge < -0.3 is 10.1 Å². The van der Waals surface area contributed by atoms with Crippen LogP contribution in [0, 0.1) is 21.4 Å². The minimum Gasteiger partial charge on any atom is -0.465 e. The minimum absolute atomic E-state index is 0.120. The first kappa shape index (κ1) is 17.0. The Kier molecular flexibility index (Phi) is 5.12.